The van der Waals surface area contributed by atoms with Crippen molar-refractivity contribution in [2.24, 2.45) is 7.05 Å². The van der Waals surface area contributed by atoms with Crippen LogP contribution in [0.15, 0.2) is 35.3 Å². The largest absolute Gasteiger partial charge is 0.363 e. The summed E-state index contributed by atoms with van der Waals surface area (Å²) in [7, 11) is 1.53. The number of halogens is 2. The zero-order valence-electron chi connectivity index (χ0n) is 14.4. The molecule has 1 N–H and O–H groups in total. The van der Waals surface area contributed by atoms with E-state index in [9.17, 15) is 18.8 Å². The van der Waals surface area contributed by atoms with E-state index in [2.05, 4.69) is 10.3 Å². The van der Waals surface area contributed by atoms with Crippen molar-refractivity contribution < 1.29 is 8.78 Å². The van der Waals surface area contributed by atoms with Gasteiger partial charge in [-0.3, -0.25) is 4.79 Å². The minimum absolute atomic E-state index is 0.0318. The minimum Gasteiger partial charge on any atom is -0.363 e. The lowest BCUT2D eigenvalue weighted by molar-refractivity contribution is 0.573. The number of benzene rings is 1. The van der Waals surface area contributed by atoms with Gasteiger partial charge in [0.15, 0.2) is 0 Å². The summed E-state index contributed by atoms with van der Waals surface area (Å²) in [6, 6.07) is 7.57. The van der Waals surface area contributed by atoms with Crippen LogP contribution in [0.25, 0.3) is 10.9 Å². The van der Waals surface area contributed by atoms with Gasteiger partial charge in [0.2, 0.25) is 0 Å². The summed E-state index contributed by atoms with van der Waals surface area (Å²) in [6.45, 7) is 1.59. The first kappa shape index (κ1) is 18.0. The summed E-state index contributed by atoms with van der Waals surface area (Å²) >= 11 is 0. The fourth-order valence-electron chi connectivity index (χ4n) is 2.90. The zero-order valence-corrected chi connectivity index (χ0v) is 14.4. The van der Waals surface area contributed by atoms with E-state index >= 15 is 0 Å². The number of hydrogen-bond donors (Lipinski definition) is 1. The molecule has 27 heavy (non-hydrogen) atoms. The van der Waals surface area contributed by atoms with E-state index in [1.54, 1.807) is 13.0 Å². The molecule has 3 aromatic rings. The highest BCUT2D eigenvalue weighted by Gasteiger charge is 2.19. The van der Waals surface area contributed by atoms with Gasteiger partial charge >= 0.3 is 0 Å². The Morgan fingerprint density at radius 2 is 1.89 bits per heavy atom. The molecule has 2 aromatic heterocycles. The van der Waals surface area contributed by atoms with Crippen molar-refractivity contribution in [3.63, 3.8) is 0 Å². The maximum absolute atomic E-state index is 14.4. The maximum Gasteiger partial charge on any atom is 0.250 e. The Morgan fingerprint density at radius 3 is 2.56 bits per heavy atom. The first-order chi connectivity index (χ1) is 12.9. The number of aryl methyl sites for hydroxylation is 1. The van der Waals surface area contributed by atoms with Crippen molar-refractivity contribution in [1.29, 1.82) is 10.5 Å². The second-order valence-electron chi connectivity index (χ2n) is 5.96. The predicted octanol–water partition coefficient (Wildman–Crippen LogP) is 3.13. The van der Waals surface area contributed by atoms with Gasteiger partial charge in [-0.05, 0) is 25.1 Å². The Hall–Kier alpha value is -3.78. The van der Waals surface area contributed by atoms with Crippen LogP contribution in [0.1, 0.15) is 29.7 Å². The van der Waals surface area contributed by atoms with Crippen molar-refractivity contribution in [3.05, 3.63) is 69.1 Å². The molecular weight excluding hydrogens is 352 g/mol. The van der Waals surface area contributed by atoms with Gasteiger partial charge in [-0.2, -0.15) is 10.5 Å². The van der Waals surface area contributed by atoms with Crippen molar-refractivity contribution in [2.75, 3.05) is 5.32 Å². The maximum atomic E-state index is 14.4. The van der Waals surface area contributed by atoms with Gasteiger partial charge in [-0.1, -0.05) is 0 Å². The second kappa shape index (κ2) is 6.85. The van der Waals surface area contributed by atoms with Gasteiger partial charge in [-0.15, -0.1) is 0 Å². The highest BCUT2D eigenvalue weighted by atomic mass is 19.1. The molecule has 0 fully saturated rings. The highest BCUT2D eigenvalue weighted by Crippen LogP contribution is 2.28. The number of fused-ring (bicyclic) bond motifs is 1. The fraction of sp³-hybridized carbons (Fsp3) is 0.158. The van der Waals surface area contributed by atoms with Crippen LogP contribution < -0.4 is 10.9 Å². The lowest BCUT2D eigenvalue weighted by Gasteiger charge is -2.18. The lowest BCUT2D eigenvalue weighted by atomic mass is 10.0. The topological polar surface area (TPSA) is 94.5 Å². The van der Waals surface area contributed by atoms with Crippen LogP contribution >= 0.6 is 0 Å². The zero-order chi connectivity index (χ0) is 19.7. The molecular formula is C19H13F2N5O. The molecule has 0 aliphatic carbocycles. The molecule has 0 spiro atoms. The molecule has 6 nitrogen and oxygen atoms in total. The van der Waals surface area contributed by atoms with Gasteiger partial charge < -0.3 is 9.88 Å². The lowest BCUT2D eigenvalue weighted by Crippen LogP contribution is -2.18. The molecule has 0 radical (unpaired) electrons. The third kappa shape index (κ3) is 3.09. The molecule has 0 saturated carbocycles. The Kier molecular flexibility index (Phi) is 4.57. The van der Waals surface area contributed by atoms with Crippen LogP contribution in [0.2, 0.25) is 0 Å². The molecule has 1 aromatic carbocycles. The van der Waals surface area contributed by atoms with Crippen LogP contribution in [0, 0.1) is 34.3 Å². The van der Waals surface area contributed by atoms with Crippen molar-refractivity contribution in [2.45, 2.75) is 13.0 Å². The molecule has 0 bridgehead atoms. The predicted molar refractivity (Wildman–Crippen MR) is 94.8 cm³/mol. The minimum atomic E-state index is -0.816. The van der Waals surface area contributed by atoms with Crippen LogP contribution in [0.5, 0.6) is 0 Å². The van der Waals surface area contributed by atoms with E-state index in [4.69, 9.17) is 5.26 Å². The molecule has 0 aliphatic rings. The number of pyridine rings is 2. The van der Waals surface area contributed by atoms with Gasteiger partial charge in [-0.25, -0.2) is 13.8 Å². The Balaban J connectivity index is 2.13. The van der Waals surface area contributed by atoms with Gasteiger partial charge in [0, 0.05) is 30.3 Å². The molecule has 0 aliphatic heterocycles. The molecule has 8 heteroatoms. The summed E-state index contributed by atoms with van der Waals surface area (Å²) in [5.74, 6) is -1.24. The molecule has 0 unspecified atom stereocenters. The van der Waals surface area contributed by atoms with E-state index in [-0.39, 0.29) is 16.7 Å². The third-order valence-electron chi connectivity index (χ3n) is 4.27. The summed E-state index contributed by atoms with van der Waals surface area (Å²) < 4.78 is 29.4. The summed E-state index contributed by atoms with van der Waals surface area (Å²) in [6.07, 6.45) is 1.31. The van der Waals surface area contributed by atoms with Crippen LogP contribution in [0.3, 0.4) is 0 Å². The van der Waals surface area contributed by atoms with Crippen molar-refractivity contribution in [3.8, 4) is 12.1 Å². The van der Waals surface area contributed by atoms with Gasteiger partial charge in [0.1, 0.15) is 29.6 Å². The SMILES string of the molecule is C[C@@H](Nc1ncc(C#N)c2c1ccc(=O)n2C)c1cc(F)cc(C#N)c1F. The van der Waals surface area contributed by atoms with E-state index in [1.165, 1.54) is 29.9 Å². The molecule has 1 atom stereocenters. The van der Waals surface area contributed by atoms with E-state index < -0.39 is 23.2 Å². The highest BCUT2D eigenvalue weighted by molar-refractivity contribution is 5.93. The average Bonchev–Trinajstić information content (AvgIpc) is 2.66. The van der Waals surface area contributed by atoms with Crippen LogP contribution in [0.4, 0.5) is 14.6 Å². The number of nitrogens with one attached hydrogen (secondary N) is 1. The Labute approximate surface area is 152 Å². The number of nitriles is 2. The van der Waals surface area contributed by atoms with E-state index in [0.29, 0.717) is 16.7 Å². The van der Waals surface area contributed by atoms with Crippen molar-refractivity contribution >= 4 is 16.7 Å². The quantitative estimate of drug-likeness (QED) is 0.769. The summed E-state index contributed by atoms with van der Waals surface area (Å²) in [5, 5.41) is 21.7. The van der Waals surface area contributed by atoms with Crippen molar-refractivity contribution in [1.82, 2.24) is 9.55 Å². The van der Waals surface area contributed by atoms with Crippen LogP contribution in [-0.4, -0.2) is 9.55 Å². The smallest absolute Gasteiger partial charge is 0.250 e. The van der Waals surface area contributed by atoms with E-state index in [1.807, 2.05) is 6.07 Å². The standard InChI is InChI=1S/C19H13F2N5O/c1-10(15-6-13(20)5-11(7-22)17(15)21)25-19-14-3-4-16(27)26(2)18(14)12(8-23)9-24-19/h3-6,9-10H,1-2H3,(H,24,25)/t10-/m1/s1. The molecule has 2 heterocycles. The molecule has 134 valence electrons. The normalized spacial score (nSPS) is 11.6. The van der Waals surface area contributed by atoms with Crippen LogP contribution in [-0.2, 0) is 7.05 Å². The number of nitrogens with zero attached hydrogens (tertiary/aromatic N) is 4. The second-order valence-corrected chi connectivity index (χ2v) is 5.96. The van der Waals surface area contributed by atoms with Gasteiger partial charge in [0.05, 0.1) is 22.7 Å². The van der Waals surface area contributed by atoms with E-state index in [0.717, 1.165) is 12.1 Å². The number of anilines is 1. The summed E-state index contributed by atoms with van der Waals surface area (Å²) in [4.78, 5) is 16.1. The fourth-order valence-corrected chi connectivity index (χ4v) is 2.90. The summed E-state index contributed by atoms with van der Waals surface area (Å²) in [5.41, 5.74) is -0.118. The molecule has 0 saturated heterocycles. The first-order valence-corrected chi connectivity index (χ1v) is 7.91. The molecule has 3 rings (SSSR count). The first-order valence-electron chi connectivity index (χ1n) is 7.91. The number of aromatic nitrogens is 2. The number of rotatable bonds is 3. The Bertz CT molecular complexity index is 1200. The Morgan fingerprint density at radius 1 is 1.19 bits per heavy atom. The third-order valence-corrected chi connectivity index (χ3v) is 4.27. The number of hydrogen-bond acceptors (Lipinski definition) is 5. The van der Waals surface area contributed by atoms with Gasteiger partial charge in [0.25, 0.3) is 5.56 Å². The molecule has 0 amide bonds. The average molecular weight is 365 g/mol. The monoisotopic (exact) mass is 365 g/mol.